The van der Waals surface area contributed by atoms with Crippen molar-refractivity contribution in [1.29, 1.82) is 5.26 Å². The van der Waals surface area contributed by atoms with Gasteiger partial charge in [-0.1, -0.05) is 44.2 Å². The molecule has 0 saturated carbocycles. The highest BCUT2D eigenvalue weighted by atomic mass is 32.2. The fourth-order valence-electron chi connectivity index (χ4n) is 4.28. The van der Waals surface area contributed by atoms with Crippen LogP contribution < -0.4 is 14.8 Å². The number of carbonyl (C=O) groups is 1. The molecule has 0 saturated heterocycles. The van der Waals surface area contributed by atoms with E-state index >= 15 is 0 Å². The number of benzene rings is 2. The molecule has 0 aliphatic carbocycles. The molecule has 0 unspecified atom stereocenters. The van der Waals surface area contributed by atoms with Crippen LogP contribution in [0.3, 0.4) is 0 Å². The molecule has 1 aliphatic heterocycles. The number of amides is 1. The predicted octanol–water partition coefficient (Wildman–Crippen LogP) is 3.37. The van der Waals surface area contributed by atoms with Crippen LogP contribution in [0.1, 0.15) is 38.7 Å². The van der Waals surface area contributed by atoms with Crippen LogP contribution in [0.25, 0.3) is 0 Å². The number of rotatable bonds is 13. The molecule has 37 heavy (non-hydrogen) atoms. The van der Waals surface area contributed by atoms with Gasteiger partial charge in [-0.15, -0.1) is 0 Å². The van der Waals surface area contributed by atoms with Crippen molar-refractivity contribution in [2.45, 2.75) is 56.6 Å². The lowest BCUT2D eigenvalue weighted by Gasteiger charge is -2.35. The van der Waals surface area contributed by atoms with E-state index in [1.54, 1.807) is 12.1 Å². The van der Waals surface area contributed by atoms with Gasteiger partial charge < -0.3 is 25.0 Å². The molecule has 1 aliphatic rings. The SMILES string of the molecule is CC(C)(CCCC#N)CN(C[C@@H](O)[C@H](Cc1ccccc1)NC(=O)O)S(=O)(=O)c1ccc2c(c1)OCO2. The summed E-state index contributed by atoms with van der Waals surface area (Å²) in [6.07, 6.45) is -0.941. The zero-order chi connectivity index (χ0) is 27.1. The van der Waals surface area contributed by atoms with Crippen LogP contribution in [0, 0.1) is 16.7 Å². The molecule has 3 rings (SSSR count). The van der Waals surface area contributed by atoms with Crippen molar-refractivity contribution in [2.24, 2.45) is 5.41 Å². The zero-order valence-corrected chi connectivity index (χ0v) is 21.8. The number of aliphatic hydroxyl groups is 1. The molecule has 3 N–H and O–H groups in total. The third-order valence-corrected chi connectivity index (χ3v) is 8.00. The van der Waals surface area contributed by atoms with Gasteiger partial charge >= 0.3 is 6.09 Å². The molecule has 1 amide bonds. The maximum absolute atomic E-state index is 13.8. The van der Waals surface area contributed by atoms with E-state index in [1.807, 2.05) is 32.0 Å². The number of nitrogens with zero attached hydrogens (tertiary/aromatic N) is 2. The highest BCUT2D eigenvalue weighted by molar-refractivity contribution is 7.89. The monoisotopic (exact) mass is 531 g/mol. The van der Waals surface area contributed by atoms with E-state index in [9.17, 15) is 23.4 Å². The van der Waals surface area contributed by atoms with Gasteiger partial charge in [-0.25, -0.2) is 13.2 Å². The Morgan fingerprint density at radius 3 is 2.57 bits per heavy atom. The molecule has 2 aromatic carbocycles. The Balaban J connectivity index is 1.90. The van der Waals surface area contributed by atoms with Crippen molar-refractivity contribution in [2.75, 3.05) is 19.9 Å². The minimum atomic E-state index is -4.12. The first-order valence-corrected chi connectivity index (χ1v) is 13.4. The summed E-state index contributed by atoms with van der Waals surface area (Å²) in [7, 11) is -4.12. The number of ether oxygens (including phenoxy) is 2. The van der Waals surface area contributed by atoms with E-state index < -0.39 is 33.7 Å². The average Bonchev–Trinajstić information content (AvgIpc) is 3.31. The summed E-state index contributed by atoms with van der Waals surface area (Å²) in [5.41, 5.74) is 0.275. The quantitative estimate of drug-likeness (QED) is 0.333. The first-order valence-electron chi connectivity index (χ1n) is 12.0. The van der Waals surface area contributed by atoms with E-state index in [0.29, 0.717) is 30.8 Å². The molecule has 11 heteroatoms. The Bertz CT molecular complexity index is 1210. The van der Waals surface area contributed by atoms with Gasteiger partial charge in [0.15, 0.2) is 11.5 Å². The number of aliphatic hydroxyl groups excluding tert-OH is 1. The molecule has 200 valence electrons. The minimum Gasteiger partial charge on any atom is -0.465 e. The van der Waals surface area contributed by atoms with Crippen LogP contribution in [0.5, 0.6) is 11.5 Å². The highest BCUT2D eigenvalue weighted by Crippen LogP contribution is 2.35. The second-order valence-corrected chi connectivity index (χ2v) is 11.7. The number of sulfonamides is 1. The molecular formula is C26H33N3O7S. The van der Waals surface area contributed by atoms with Crippen molar-refractivity contribution >= 4 is 16.1 Å². The molecule has 0 radical (unpaired) electrons. The van der Waals surface area contributed by atoms with Crippen LogP contribution in [0.4, 0.5) is 4.79 Å². The Kier molecular flexibility index (Phi) is 9.37. The summed E-state index contributed by atoms with van der Waals surface area (Å²) in [5, 5.41) is 31.8. The summed E-state index contributed by atoms with van der Waals surface area (Å²) in [5.74, 6) is 0.750. The van der Waals surface area contributed by atoms with E-state index in [2.05, 4.69) is 11.4 Å². The lowest BCUT2D eigenvalue weighted by molar-refractivity contribution is 0.0904. The molecule has 0 bridgehead atoms. The minimum absolute atomic E-state index is 0.00475. The van der Waals surface area contributed by atoms with E-state index in [-0.39, 0.29) is 31.2 Å². The third-order valence-electron chi connectivity index (χ3n) is 6.19. The molecule has 10 nitrogen and oxygen atoms in total. The summed E-state index contributed by atoms with van der Waals surface area (Å²) >= 11 is 0. The topological polar surface area (TPSA) is 149 Å². The van der Waals surface area contributed by atoms with Gasteiger partial charge in [-0.3, -0.25) is 0 Å². The molecule has 0 aromatic heterocycles. The van der Waals surface area contributed by atoms with Crippen molar-refractivity contribution in [3.05, 3.63) is 54.1 Å². The van der Waals surface area contributed by atoms with Gasteiger partial charge in [0.25, 0.3) is 0 Å². The highest BCUT2D eigenvalue weighted by Gasteiger charge is 2.35. The molecule has 1 heterocycles. The number of carboxylic acid groups (broad SMARTS) is 1. The van der Waals surface area contributed by atoms with Gasteiger partial charge in [-0.2, -0.15) is 9.57 Å². The Morgan fingerprint density at radius 2 is 1.89 bits per heavy atom. The summed E-state index contributed by atoms with van der Waals surface area (Å²) in [6, 6.07) is 14.5. The fraction of sp³-hybridized carbons (Fsp3) is 0.462. The number of hydrogen-bond donors (Lipinski definition) is 3. The van der Waals surface area contributed by atoms with Crippen LogP contribution in [-0.4, -0.2) is 61.1 Å². The van der Waals surface area contributed by atoms with Crippen molar-refractivity contribution in [3.8, 4) is 17.6 Å². The molecular weight excluding hydrogens is 498 g/mol. The summed E-state index contributed by atoms with van der Waals surface area (Å²) < 4.78 is 39.4. The fourth-order valence-corrected chi connectivity index (χ4v) is 5.94. The first kappa shape index (κ1) is 28.2. The van der Waals surface area contributed by atoms with Crippen LogP contribution in [0.15, 0.2) is 53.4 Å². The number of fused-ring (bicyclic) bond motifs is 1. The Hall–Kier alpha value is -3.33. The molecule has 2 atom stereocenters. The van der Waals surface area contributed by atoms with Crippen molar-refractivity contribution in [3.63, 3.8) is 0 Å². The predicted molar refractivity (Wildman–Crippen MR) is 136 cm³/mol. The number of nitrogens with one attached hydrogen (secondary N) is 1. The smallest absolute Gasteiger partial charge is 0.404 e. The molecule has 2 aromatic rings. The lowest BCUT2D eigenvalue weighted by atomic mass is 9.87. The largest absolute Gasteiger partial charge is 0.465 e. The second-order valence-electron chi connectivity index (χ2n) is 9.80. The summed E-state index contributed by atoms with van der Waals surface area (Å²) in [4.78, 5) is 11.5. The normalized spacial score (nSPS) is 14.7. The van der Waals surface area contributed by atoms with Gasteiger partial charge in [0.2, 0.25) is 16.8 Å². The number of nitriles is 1. The van der Waals surface area contributed by atoms with Crippen molar-refractivity contribution < 1.29 is 32.9 Å². The van der Waals surface area contributed by atoms with E-state index in [1.165, 1.54) is 22.5 Å². The number of unbranched alkanes of at least 4 members (excludes halogenated alkanes) is 1. The Labute approximate surface area is 217 Å². The van der Waals surface area contributed by atoms with Crippen LogP contribution in [-0.2, 0) is 16.4 Å². The summed E-state index contributed by atoms with van der Waals surface area (Å²) in [6.45, 7) is 3.51. The average molecular weight is 532 g/mol. The third kappa shape index (κ3) is 7.82. The van der Waals surface area contributed by atoms with Crippen LogP contribution in [0.2, 0.25) is 0 Å². The maximum atomic E-state index is 13.8. The zero-order valence-electron chi connectivity index (χ0n) is 21.0. The van der Waals surface area contributed by atoms with Gasteiger partial charge in [0, 0.05) is 25.6 Å². The lowest BCUT2D eigenvalue weighted by Crippen LogP contribution is -2.51. The second kappa shape index (κ2) is 12.3. The number of hydrogen-bond acceptors (Lipinski definition) is 7. The van der Waals surface area contributed by atoms with Gasteiger partial charge in [0.05, 0.1) is 23.1 Å². The maximum Gasteiger partial charge on any atom is 0.404 e. The van der Waals surface area contributed by atoms with E-state index in [0.717, 1.165) is 5.56 Å². The van der Waals surface area contributed by atoms with Crippen molar-refractivity contribution in [1.82, 2.24) is 9.62 Å². The van der Waals surface area contributed by atoms with Gasteiger partial charge in [0.1, 0.15) is 0 Å². The van der Waals surface area contributed by atoms with E-state index in [4.69, 9.17) is 14.7 Å². The molecule has 0 spiro atoms. The first-order chi connectivity index (χ1) is 17.5. The van der Waals surface area contributed by atoms with Gasteiger partial charge in [-0.05, 0) is 42.4 Å². The standard InChI is InChI=1S/C26H33N3O7S/c1-26(2,12-6-7-13-27)17-29(37(33,34)20-10-11-23-24(15-20)36-18-35-23)16-22(30)21(28-25(31)32)14-19-8-4-3-5-9-19/h3-5,8-11,15,21-22,28,30H,6-7,12,14,16-18H2,1-2H3,(H,31,32)/t21-,22+/m0/s1. The Morgan fingerprint density at radius 1 is 1.19 bits per heavy atom. The molecule has 0 fully saturated rings. The van der Waals surface area contributed by atoms with Crippen LogP contribution >= 0.6 is 0 Å².